The third kappa shape index (κ3) is 3.53. The minimum Gasteiger partial charge on any atom is -0.466 e. The summed E-state index contributed by atoms with van der Waals surface area (Å²) in [6, 6.07) is 9.86. The monoisotopic (exact) mass is 304 g/mol. The number of benzene rings is 1. The van der Waals surface area contributed by atoms with E-state index in [9.17, 15) is 4.79 Å². The van der Waals surface area contributed by atoms with Gasteiger partial charge in [0.15, 0.2) is 0 Å². The molecule has 1 saturated heterocycles. The molecule has 1 aliphatic rings. The van der Waals surface area contributed by atoms with Gasteiger partial charge >= 0.3 is 13.1 Å². The third-order valence-corrected chi connectivity index (χ3v) is 4.52. The van der Waals surface area contributed by atoms with E-state index in [0.717, 1.165) is 5.56 Å². The van der Waals surface area contributed by atoms with Crippen molar-refractivity contribution in [1.82, 2.24) is 0 Å². The predicted octanol–water partition coefficient (Wildman–Crippen LogP) is 3.35. The van der Waals surface area contributed by atoms with E-state index in [2.05, 4.69) is 0 Å². The van der Waals surface area contributed by atoms with Crippen LogP contribution < -0.4 is 0 Å². The number of esters is 1. The average Bonchev–Trinajstić information content (AvgIpc) is 2.66. The molecule has 0 unspecified atom stereocenters. The van der Waals surface area contributed by atoms with Crippen LogP contribution in [0.25, 0.3) is 0 Å². The van der Waals surface area contributed by atoms with Gasteiger partial charge in [0.05, 0.1) is 24.2 Å². The minimum atomic E-state index is -0.461. The molecule has 0 aliphatic carbocycles. The van der Waals surface area contributed by atoms with Gasteiger partial charge in [0.1, 0.15) is 0 Å². The van der Waals surface area contributed by atoms with E-state index in [-0.39, 0.29) is 18.2 Å². The molecule has 5 heteroatoms. The van der Waals surface area contributed by atoms with Crippen LogP contribution >= 0.6 is 0 Å². The van der Waals surface area contributed by atoms with Crippen LogP contribution in [0.4, 0.5) is 0 Å². The Kier molecular flexibility index (Phi) is 4.98. The summed E-state index contributed by atoms with van der Waals surface area (Å²) in [5.41, 5.74) is 0.188. The molecule has 2 rings (SSSR count). The molecule has 0 spiro atoms. The molecule has 0 radical (unpaired) electrons. The van der Waals surface area contributed by atoms with Crippen LogP contribution in [0, 0.1) is 0 Å². The molecular weight excluding hydrogens is 279 g/mol. The second kappa shape index (κ2) is 6.43. The standard InChI is InChI=1S/C17H25BO4/c1-6-20-15(19)12-14(13-10-8-7-9-11-13)18-21-16(2,3)17(4,5)22-18/h7-11,14H,6,12H2,1-5H3/t14-/m1/s1. The Morgan fingerprint density at radius 2 is 1.68 bits per heavy atom. The largest absolute Gasteiger partial charge is 0.466 e. The summed E-state index contributed by atoms with van der Waals surface area (Å²) in [7, 11) is -0.461. The fourth-order valence-electron chi connectivity index (χ4n) is 2.52. The zero-order chi connectivity index (χ0) is 16.4. The Labute approximate surface area is 133 Å². The van der Waals surface area contributed by atoms with E-state index in [4.69, 9.17) is 14.0 Å². The Balaban J connectivity index is 2.24. The third-order valence-electron chi connectivity index (χ3n) is 4.52. The highest BCUT2D eigenvalue weighted by molar-refractivity contribution is 6.48. The molecule has 0 aromatic heterocycles. The molecule has 0 N–H and O–H groups in total. The first-order valence-electron chi connectivity index (χ1n) is 7.83. The van der Waals surface area contributed by atoms with Crippen molar-refractivity contribution in [2.75, 3.05) is 6.61 Å². The van der Waals surface area contributed by atoms with E-state index in [0.29, 0.717) is 6.61 Å². The maximum atomic E-state index is 12.0. The quantitative estimate of drug-likeness (QED) is 0.618. The van der Waals surface area contributed by atoms with Gasteiger partial charge in [0.2, 0.25) is 0 Å². The van der Waals surface area contributed by atoms with Crippen molar-refractivity contribution >= 4 is 13.1 Å². The first kappa shape index (κ1) is 17.0. The molecule has 120 valence electrons. The lowest BCUT2D eigenvalue weighted by atomic mass is 9.66. The first-order chi connectivity index (χ1) is 10.3. The Hall–Kier alpha value is -1.33. The zero-order valence-corrected chi connectivity index (χ0v) is 14.1. The van der Waals surface area contributed by atoms with E-state index < -0.39 is 18.3 Å². The first-order valence-corrected chi connectivity index (χ1v) is 7.83. The van der Waals surface area contributed by atoms with E-state index in [1.54, 1.807) is 0 Å². The Morgan fingerprint density at radius 3 is 2.18 bits per heavy atom. The molecule has 1 aromatic rings. The van der Waals surface area contributed by atoms with Crippen LogP contribution in [0.1, 0.15) is 52.4 Å². The fourth-order valence-corrected chi connectivity index (χ4v) is 2.52. The van der Waals surface area contributed by atoms with Crippen LogP contribution in [0.5, 0.6) is 0 Å². The topological polar surface area (TPSA) is 44.8 Å². The van der Waals surface area contributed by atoms with Gasteiger partial charge < -0.3 is 14.0 Å². The lowest BCUT2D eigenvalue weighted by Gasteiger charge is -2.32. The minimum absolute atomic E-state index is 0.179. The van der Waals surface area contributed by atoms with E-state index >= 15 is 0 Å². The number of hydrogen-bond acceptors (Lipinski definition) is 4. The summed E-state index contributed by atoms with van der Waals surface area (Å²) in [4.78, 5) is 12.0. The van der Waals surface area contributed by atoms with Gasteiger partial charge in [0.25, 0.3) is 0 Å². The molecule has 0 saturated carbocycles. The molecule has 0 bridgehead atoms. The summed E-state index contributed by atoms with van der Waals surface area (Å²) in [6.45, 7) is 10.2. The van der Waals surface area contributed by atoms with Gasteiger partial charge in [-0.05, 0) is 40.2 Å². The predicted molar refractivity (Wildman–Crippen MR) is 86.5 cm³/mol. The number of ether oxygens (including phenoxy) is 1. The summed E-state index contributed by atoms with van der Waals surface area (Å²) in [5.74, 6) is -0.410. The molecule has 1 fully saturated rings. The highest BCUT2D eigenvalue weighted by Gasteiger charge is 2.54. The molecule has 22 heavy (non-hydrogen) atoms. The number of hydrogen-bond donors (Lipinski definition) is 0. The maximum Gasteiger partial charge on any atom is 0.466 e. The van der Waals surface area contributed by atoms with Gasteiger partial charge in [-0.25, -0.2) is 0 Å². The van der Waals surface area contributed by atoms with Crippen LogP contribution in [0.15, 0.2) is 30.3 Å². The fraction of sp³-hybridized carbons (Fsp3) is 0.588. The van der Waals surface area contributed by atoms with Crippen molar-refractivity contribution < 1.29 is 18.8 Å². The van der Waals surface area contributed by atoms with Crippen LogP contribution in [-0.2, 0) is 18.8 Å². The lowest BCUT2D eigenvalue weighted by molar-refractivity contribution is -0.143. The normalized spacial score (nSPS) is 20.7. The average molecular weight is 304 g/mol. The Morgan fingerprint density at radius 1 is 1.14 bits per heavy atom. The van der Waals surface area contributed by atoms with Gasteiger partial charge in [-0.1, -0.05) is 30.3 Å². The second-order valence-corrected chi connectivity index (χ2v) is 6.65. The van der Waals surface area contributed by atoms with Crippen molar-refractivity contribution in [3.63, 3.8) is 0 Å². The molecular formula is C17H25BO4. The van der Waals surface area contributed by atoms with Gasteiger partial charge in [0, 0.05) is 5.82 Å². The summed E-state index contributed by atoms with van der Waals surface area (Å²) < 4.78 is 17.4. The van der Waals surface area contributed by atoms with Crippen molar-refractivity contribution in [1.29, 1.82) is 0 Å². The van der Waals surface area contributed by atoms with Crippen molar-refractivity contribution in [3.8, 4) is 0 Å². The number of carbonyl (C=O) groups is 1. The smallest absolute Gasteiger partial charge is 0.466 e. The molecule has 1 aliphatic heterocycles. The van der Waals surface area contributed by atoms with E-state index in [1.807, 2.05) is 65.0 Å². The second-order valence-electron chi connectivity index (χ2n) is 6.65. The SMILES string of the molecule is CCOC(=O)C[C@@H](B1OC(C)(C)C(C)(C)O1)c1ccccc1. The van der Waals surface area contributed by atoms with Crippen LogP contribution in [0.3, 0.4) is 0 Å². The highest BCUT2D eigenvalue weighted by Crippen LogP contribution is 2.41. The molecule has 1 aromatic carbocycles. The number of rotatable bonds is 5. The summed E-state index contributed by atoms with van der Waals surface area (Å²) in [5, 5.41) is 0. The highest BCUT2D eigenvalue weighted by atomic mass is 16.7. The molecule has 4 nitrogen and oxygen atoms in total. The molecule has 1 atom stereocenters. The van der Waals surface area contributed by atoms with E-state index in [1.165, 1.54) is 0 Å². The lowest BCUT2D eigenvalue weighted by Crippen LogP contribution is -2.41. The van der Waals surface area contributed by atoms with Gasteiger partial charge in [-0.2, -0.15) is 0 Å². The van der Waals surface area contributed by atoms with Gasteiger partial charge in [-0.3, -0.25) is 4.79 Å². The van der Waals surface area contributed by atoms with Crippen LogP contribution in [0.2, 0.25) is 0 Å². The zero-order valence-electron chi connectivity index (χ0n) is 14.1. The summed E-state index contributed by atoms with van der Waals surface area (Å²) in [6.07, 6.45) is 0.245. The van der Waals surface area contributed by atoms with Crippen molar-refractivity contribution in [3.05, 3.63) is 35.9 Å². The van der Waals surface area contributed by atoms with Crippen LogP contribution in [-0.4, -0.2) is 30.9 Å². The van der Waals surface area contributed by atoms with Crippen molar-refractivity contribution in [2.45, 2.75) is 58.1 Å². The Bertz CT molecular complexity index is 497. The van der Waals surface area contributed by atoms with Gasteiger partial charge in [-0.15, -0.1) is 0 Å². The molecule has 1 heterocycles. The number of carbonyl (C=O) groups excluding carboxylic acids is 1. The summed E-state index contributed by atoms with van der Waals surface area (Å²) >= 11 is 0. The molecule has 0 amide bonds. The van der Waals surface area contributed by atoms with Crippen molar-refractivity contribution in [2.24, 2.45) is 0 Å². The maximum absolute atomic E-state index is 12.0.